The van der Waals surface area contributed by atoms with Crippen molar-refractivity contribution in [2.24, 2.45) is 0 Å². The quantitative estimate of drug-likeness (QED) is 0.619. The lowest BCUT2D eigenvalue weighted by atomic mass is 10.1. The van der Waals surface area contributed by atoms with Crippen molar-refractivity contribution in [1.82, 2.24) is 10.2 Å². The van der Waals surface area contributed by atoms with E-state index in [-0.39, 0.29) is 31.0 Å². The molecule has 0 aromatic heterocycles. The minimum absolute atomic E-state index is 0.0246. The van der Waals surface area contributed by atoms with Crippen molar-refractivity contribution >= 4 is 35.0 Å². The second-order valence-electron chi connectivity index (χ2n) is 6.95. The van der Waals surface area contributed by atoms with Gasteiger partial charge in [-0.3, -0.25) is 9.59 Å². The van der Waals surface area contributed by atoms with Gasteiger partial charge in [0.15, 0.2) is 6.61 Å². The number of nitrogens with one attached hydrogen (secondary N) is 1. The Balaban J connectivity index is 2.21. The van der Waals surface area contributed by atoms with E-state index in [1.54, 1.807) is 36.4 Å². The Morgan fingerprint density at radius 3 is 2.31 bits per heavy atom. The van der Waals surface area contributed by atoms with E-state index in [1.165, 1.54) is 4.90 Å². The highest BCUT2D eigenvalue weighted by Gasteiger charge is 2.29. The number of carbonyl (C=O) groups excluding carboxylic acids is 2. The maximum Gasteiger partial charge on any atom is 0.261 e. The number of para-hydroxylation sites is 1. The lowest BCUT2D eigenvalue weighted by molar-refractivity contribution is -0.143. The monoisotopic (exact) mass is 436 g/mol. The van der Waals surface area contributed by atoms with Crippen LogP contribution in [0.4, 0.5) is 0 Å². The molecule has 0 fully saturated rings. The van der Waals surface area contributed by atoms with Crippen LogP contribution < -0.4 is 10.1 Å². The molecule has 2 rings (SSSR count). The number of benzene rings is 2. The van der Waals surface area contributed by atoms with Crippen LogP contribution in [0.2, 0.25) is 10.0 Å². The van der Waals surface area contributed by atoms with Crippen molar-refractivity contribution in [2.75, 3.05) is 6.61 Å². The molecule has 0 unspecified atom stereocenters. The fourth-order valence-electron chi connectivity index (χ4n) is 2.87. The molecule has 0 aliphatic carbocycles. The van der Waals surface area contributed by atoms with Gasteiger partial charge in [0, 0.05) is 17.6 Å². The third kappa shape index (κ3) is 6.94. The molecular formula is C22H26Cl2N2O3. The van der Waals surface area contributed by atoms with Gasteiger partial charge in [0.05, 0.1) is 5.02 Å². The highest BCUT2D eigenvalue weighted by atomic mass is 35.5. The molecule has 0 aliphatic rings. The standard InChI is InChI=1S/C22H26Cl2N2O3/c1-4-19(22(28)25-15(2)3)26(13-16-9-11-17(23)12-10-16)21(27)14-29-20-8-6-5-7-18(20)24/h5-12,15,19H,4,13-14H2,1-3H3,(H,25,28)/t19-/m0/s1. The molecule has 0 saturated carbocycles. The van der Waals surface area contributed by atoms with Gasteiger partial charge in [-0.15, -0.1) is 0 Å². The fourth-order valence-corrected chi connectivity index (χ4v) is 3.19. The fraction of sp³-hybridized carbons (Fsp3) is 0.364. The van der Waals surface area contributed by atoms with Gasteiger partial charge in [-0.1, -0.05) is 54.4 Å². The molecule has 2 aromatic carbocycles. The lowest BCUT2D eigenvalue weighted by Gasteiger charge is -2.31. The van der Waals surface area contributed by atoms with Gasteiger partial charge in [-0.05, 0) is 50.1 Å². The van der Waals surface area contributed by atoms with E-state index in [9.17, 15) is 9.59 Å². The van der Waals surface area contributed by atoms with E-state index in [0.29, 0.717) is 22.2 Å². The van der Waals surface area contributed by atoms with Gasteiger partial charge >= 0.3 is 0 Å². The summed E-state index contributed by atoms with van der Waals surface area (Å²) in [7, 11) is 0. The molecular weight excluding hydrogens is 411 g/mol. The number of hydrogen-bond acceptors (Lipinski definition) is 3. The molecule has 1 atom stereocenters. The Hall–Kier alpha value is -2.24. The average molecular weight is 437 g/mol. The van der Waals surface area contributed by atoms with Crippen molar-refractivity contribution in [1.29, 1.82) is 0 Å². The Kier molecular flexibility index (Phi) is 8.80. The van der Waals surface area contributed by atoms with E-state index >= 15 is 0 Å². The van der Waals surface area contributed by atoms with E-state index < -0.39 is 6.04 Å². The summed E-state index contributed by atoms with van der Waals surface area (Å²) in [6.45, 7) is 5.70. The number of nitrogens with zero attached hydrogens (tertiary/aromatic N) is 1. The first kappa shape index (κ1) is 23.0. The first-order valence-corrected chi connectivity index (χ1v) is 10.3. The van der Waals surface area contributed by atoms with Crippen molar-refractivity contribution in [2.45, 2.75) is 45.8 Å². The number of ether oxygens (including phenoxy) is 1. The number of carbonyl (C=O) groups is 2. The van der Waals surface area contributed by atoms with Crippen molar-refractivity contribution < 1.29 is 14.3 Å². The van der Waals surface area contributed by atoms with Gasteiger partial charge in [-0.2, -0.15) is 0 Å². The second-order valence-corrected chi connectivity index (χ2v) is 7.80. The average Bonchev–Trinajstić information content (AvgIpc) is 2.68. The van der Waals surface area contributed by atoms with Gasteiger partial charge in [-0.25, -0.2) is 0 Å². The SMILES string of the molecule is CC[C@@H](C(=O)NC(C)C)N(Cc1ccc(Cl)cc1)C(=O)COc1ccccc1Cl. The van der Waals surface area contributed by atoms with Crippen LogP contribution in [-0.4, -0.2) is 35.4 Å². The van der Waals surface area contributed by atoms with Crippen LogP contribution in [0.25, 0.3) is 0 Å². The molecule has 0 aliphatic heterocycles. The molecule has 0 saturated heterocycles. The second kappa shape index (κ2) is 11.1. The normalized spacial score (nSPS) is 11.8. The predicted molar refractivity (Wildman–Crippen MR) is 116 cm³/mol. The molecule has 0 bridgehead atoms. The van der Waals surface area contributed by atoms with Gasteiger partial charge < -0.3 is 15.0 Å². The Morgan fingerprint density at radius 2 is 1.72 bits per heavy atom. The van der Waals surface area contributed by atoms with Crippen LogP contribution in [-0.2, 0) is 16.1 Å². The molecule has 0 spiro atoms. The highest BCUT2D eigenvalue weighted by molar-refractivity contribution is 6.32. The van der Waals surface area contributed by atoms with Crippen LogP contribution in [0.5, 0.6) is 5.75 Å². The summed E-state index contributed by atoms with van der Waals surface area (Å²) in [5, 5.41) is 3.93. The van der Waals surface area contributed by atoms with Crippen LogP contribution >= 0.6 is 23.2 Å². The van der Waals surface area contributed by atoms with Crippen LogP contribution in [0.1, 0.15) is 32.8 Å². The first-order chi connectivity index (χ1) is 13.8. The summed E-state index contributed by atoms with van der Waals surface area (Å²) in [6.07, 6.45) is 0.476. The maximum atomic E-state index is 13.0. The summed E-state index contributed by atoms with van der Waals surface area (Å²) in [5.74, 6) is -0.0678. The van der Waals surface area contributed by atoms with Gasteiger partial charge in [0.25, 0.3) is 5.91 Å². The van der Waals surface area contributed by atoms with E-state index in [0.717, 1.165) is 5.56 Å². The summed E-state index contributed by atoms with van der Waals surface area (Å²) >= 11 is 12.1. The molecule has 7 heteroatoms. The Bertz CT molecular complexity index is 825. The third-order valence-corrected chi connectivity index (χ3v) is 4.84. The minimum atomic E-state index is -0.615. The van der Waals surface area contributed by atoms with Gasteiger partial charge in [0.1, 0.15) is 11.8 Å². The summed E-state index contributed by atoms with van der Waals surface area (Å²) in [6, 6.07) is 13.5. The van der Waals surface area contributed by atoms with E-state index in [1.807, 2.05) is 32.9 Å². The minimum Gasteiger partial charge on any atom is -0.482 e. The maximum absolute atomic E-state index is 13.0. The highest BCUT2D eigenvalue weighted by Crippen LogP contribution is 2.23. The first-order valence-electron chi connectivity index (χ1n) is 9.53. The van der Waals surface area contributed by atoms with Crippen LogP contribution in [0.3, 0.4) is 0 Å². The smallest absolute Gasteiger partial charge is 0.261 e. The zero-order chi connectivity index (χ0) is 21.4. The van der Waals surface area contributed by atoms with Crippen molar-refractivity contribution in [3.05, 3.63) is 64.1 Å². The third-order valence-electron chi connectivity index (χ3n) is 4.27. The number of halogens is 2. The molecule has 2 amide bonds. The molecule has 0 radical (unpaired) electrons. The van der Waals surface area contributed by atoms with Crippen molar-refractivity contribution in [3.63, 3.8) is 0 Å². The zero-order valence-corrected chi connectivity index (χ0v) is 18.3. The number of amides is 2. The van der Waals surface area contributed by atoms with Crippen LogP contribution in [0, 0.1) is 0 Å². The molecule has 156 valence electrons. The summed E-state index contributed by atoms with van der Waals surface area (Å²) in [5.41, 5.74) is 0.872. The van der Waals surface area contributed by atoms with E-state index in [4.69, 9.17) is 27.9 Å². The molecule has 1 N–H and O–H groups in total. The molecule has 0 heterocycles. The molecule has 2 aromatic rings. The predicted octanol–water partition coefficient (Wildman–Crippen LogP) is 4.70. The van der Waals surface area contributed by atoms with E-state index in [2.05, 4.69) is 5.32 Å². The number of rotatable bonds is 9. The van der Waals surface area contributed by atoms with Crippen molar-refractivity contribution in [3.8, 4) is 5.75 Å². The summed E-state index contributed by atoms with van der Waals surface area (Å²) in [4.78, 5) is 27.3. The van der Waals surface area contributed by atoms with Crippen LogP contribution in [0.15, 0.2) is 48.5 Å². The largest absolute Gasteiger partial charge is 0.482 e. The number of hydrogen-bond donors (Lipinski definition) is 1. The zero-order valence-electron chi connectivity index (χ0n) is 16.8. The topological polar surface area (TPSA) is 58.6 Å². The Labute approximate surface area is 181 Å². The molecule has 5 nitrogen and oxygen atoms in total. The lowest BCUT2D eigenvalue weighted by Crippen LogP contribution is -2.51. The molecule has 29 heavy (non-hydrogen) atoms. The Morgan fingerprint density at radius 1 is 1.07 bits per heavy atom. The van der Waals surface area contributed by atoms with Gasteiger partial charge in [0.2, 0.25) is 5.91 Å². The summed E-state index contributed by atoms with van der Waals surface area (Å²) < 4.78 is 5.62.